The standard InChI is InChI=1S/C17H24N6O/c1-12-4-3-5-15(13(12)2)22-17(24)20-9-14-6-7-16(19-8-14)23-11-18-10-21-23/h6-8,10-13,15H,3-5,9H2,1-2H3,(H2,20,22,24). The van der Waals surface area contributed by atoms with Crippen molar-refractivity contribution in [2.24, 2.45) is 11.8 Å². The molecule has 2 aromatic rings. The monoisotopic (exact) mass is 328 g/mol. The fraction of sp³-hybridized carbons (Fsp3) is 0.529. The Labute approximate surface area is 141 Å². The molecule has 1 saturated carbocycles. The molecule has 0 saturated heterocycles. The number of nitrogens with zero attached hydrogens (tertiary/aromatic N) is 4. The van der Waals surface area contributed by atoms with Crippen LogP contribution in [-0.4, -0.2) is 31.8 Å². The molecule has 2 N–H and O–H groups in total. The molecule has 0 spiro atoms. The van der Waals surface area contributed by atoms with Crippen LogP contribution in [0.15, 0.2) is 31.0 Å². The zero-order chi connectivity index (χ0) is 16.9. The molecule has 7 nitrogen and oxygen atoms in total. The smallest absolute Gasteiger partial charge is 0.315 e. The minimum Gasteiger partial charge on any atom is -0.335 e. The lowest BCUT2D eigenvalue weighted by atomic mass is 9.78. The molecular formula is C17H24N6O. The highest BCUT2D eigenvalue weighted by molar-refractivity contribution is 5.74. The van der Waals surface area contributed by atoms with Crippen LogP contribution in [0.1, 0.15) is 38.7 Å². The molecule has 0 aliphatic heterocycles. The molecule has 128 valence electrons. The number of hydrogen-bond donors (Lipinski definition) is 2. The molecule has 3 atom stereocenters. The molecule has 3 rings (SSSR count). The molecule has 1 aliphatic rings. The zero-order valence-electron chi connectivity index (χ0n) is 14.1. The van der Waals surface area contributed by atoms with E-state index in [1.54, 1.807) is 17.2 Å². The third-order valence-electron chi connectivity index (χ3n) is 4.94. The Bertz CT molecular complexity index is 654. The number of aromatic nitrogens is 4. The first-order valence-corrected chi connectivity index (χ1v) is 8.48. The van der Waals surface area contributed by atoms with E-state index in [0.717, 1.165) is 12.0 Å². The fourth-order valence-corrected chi connectivity index (χ4v) is 3.17. The molecule has 2 heterocycles. The average molecular weight is 328 g/mol. The van der Waals surface area contributed by atoms with Gasteiger partial charge in [-0.25, -0.2) is 19.4 Å². The van der Waals surface area contributed by atoms with Crippen molar-refractivity contribution in [3.8, 4) is 5.82 Å². The highest BCUT2D eigenvalue weighted by Gasteiger charge is 2.27. The SMILES string of the molecule is CC1CCCC(NC(=O)NCc2ccc(-n3cncn3)nc2)C1C. The maximum Gasteiger partial charge on any atom is 0.315 e. The van der Waals surface area contributed by atoms with Crippen molar-refractivity contribution in [1.82, 2.24) is 30.4 Å². The second-order valence-corrected chi connectivity index (χ2v) is 6.57. The molecule has 1 fully saturated rings. The summed E-state index contributed by atoms with van der Waals surface area (Å²) in [5.41, 5.74) is 0.944. The molecule has 3 unspecified atom stereocenters. The minimum absolute atomic E-state index is 0.110. The van der Waals surface area contributed by atoms with E-state index in [0.29, 0.717) is 24.2 Å². The summed E-state index contributed by atoms with van der Waals surface area (Å²) in [5.74, 6) is 1.89. The normalized spacial score (nSPS) is 23.7. The summed E-state index contributed by atoms with van der Waals surface area (Å²) in [6.07, 6.45) is 8.30. The molecular weight excluding hydrogens is 304 g/mol. The van der Waals surface area contributed by atoms with E-state index in [9.17, 15) is 4.79 Å². The van der Waals surface area contributed by atoms with Crippen molar-refractivity contribution in [2.45, 2.75) is 45.7 Å². The van der Waals surface area contributed by atoms with Crippen LogP contribution in [0.3, 0.4) is 0 Å². The average Bonchev–Trinajstić information content (AvgIpc) is 3.12. The second kappa shape index (κ2) is 7.42. The number of hydrogen-bond acceptors (Lipinski definition) is 4. The fourth-order valence-electron chi connectivity index (χ4n) is 3.17. The lowest BCUT2D eigenvalue weighted by molar-refractivity contribution is 0.195. The van der Waals surface area contributed by atoms with E-state index < -0.39 is 0 Å². The van der Waals surface area contributed by atoms with E-state index in [4.69, 9.17) is 0 Å². The highest BCUT2D eigenvalue weighted by atomic mass is 16.2. The van der Waals surface area contributed by atoms with Gasteiger partial charge in [-0.05, 0) is 29.9 Å². The van der Waals surface area contributed by atoms with Gasteiger partial charge in [0, 0.05) is 18.8 Å². The summed E-state index contributed by atoms with van der Waals surface area (Å²) in [6.45, 7) is 4.94. The van der Waals surface area contributed by atoms with Gasteiger partial charge in [0.1, 0.15) is 12.7 Å². The number of urea groups is 1. The van der Waals surface area contributed by atoms with Crippen LogP contribution in [-0.2, 0) is 6.54 Å². The summed E-state index contributed by atoms with van der Waals surface area (Å²) in [5, 5.41) is 10.1. The maximum absolute atomic E-state index is 12.1. The lowest BCUT2D eigenvalue weighted by Gasteiger charge is -2.34. The highest BCUT2D eigenvalue weighted by Crippen LogP contribution is 2.29. The van der Waals surface area contributed by atoms with Gasteiger partial charge in [0.05, 0.1) is 0 Å². The van der Waals surface area contributed by atoms with Crippen LogP contribution in [0.25, 0.3) is 5.82 Å². The van der Waals surface area contributed by atoms with Crippen LogP contribution in [0.5, 0.6) is 0 Å². The van der Waals surface area contributed by atoms with Gasteiger partial charge in [-0.15, -0.1) is 0 Å². The maximum atomic E-state index is 12.1. The van der Waals surface area contributed by atoms with Crippen LogP contribution in [0.2, 0.25) is 0 Å². The molecule has 0 bridgehead atoms. The van der Waals surface area contributed by atoms with E-state index in [1.807, 2.05) is 12.1 Å². The van der Waals surface area contributed by atoms with Gasteiger partial charge in [-0.3, -0.25) is 0 Å². The van der Waals surface area contributed by atoms with Gasteiger partial charge < -0.3 is 10.6 Å². The number of pyridine rings is 1. The molecule has 0 aromatic carbocycles. The predicted octanol–water partition coefficient (Wildman–Crippen LogP) is 2.29. The van der Waals surface area contributed by atoms with Crippen molar-refractivity contribution in [2.75, 3.05) is 0 Å². The largest absolute Gasteiger partial charge is 0.335 e. The number of carbonyl (C=O) groups is 1. The topological polar surface area (TPSA) is 84.7 Å². The number of rotatable bonds is 4. The summed E-state index contributed by atoms with van der Waals surface area (Å²) in [7, 11) is 0. The number of carbonyl (C=O) groups excluding carboxylic acids is 1. The van der Waals surface area contributed by atoms with Crippen LogP contribution < -0.4 is 10.6 Å². The first-order chi connectivity index (χ1) is 11.6. The Morgan fingerprint density at radius 1 is 1.33 bits per heavy atom. The third-order valence-corrected chi connectivity index (χ3v) is 4.94. The Morgan fingerprint density at radius 3 is 2.92 bits per heavy atom. The first-order valence-electron chi connectivity index (χ1n) is 8.48. The predicted molar refractivity (Wildman–Crippen MR) is 90.5 cm³/mol. The van der Waals surface area contributed by atoms with Crippen molar-refractivity contribution in [1.29, 1.82) is 0 Å². The molecule has 2 amide bonds. The summed E-state index contributed by atoms with van der Waals surface area (Å²) < 4.78 is 1.59. The number of nitrogens with one attached hydrogen (secondary N) is 2. The van der Waals surface area contributed by atoms with Crippen LogP contribution in [0.4, 0.5) is 4.79 Å². The van der Waals surface area contributed by atoms with Crippen LogP contribution >= 0.6 is 0 Å². The molecule has 0 radical (unpaired) electrons. The van der Waals surface area contributed by atoms with E-state index in [-0.39, 0.29) is 12.1 Å². The number of amides is 2. The third kappa shape index (κ3) is 3.90. The van der Waals surface area contributed by atoms with Gasteiger partial charge in [-0.1, -0.05) is 32.8 Å². The molecule has 1 aliphatic carbocycles. The lowest BCUT2D eigenvalue weighted by Crippen LogP contribution is -2.47. The van der Waals surface area contributed by atoms with Crippen molar-refractivity contribution >= 4 is 6.03 Å². The van der Waals surface area contributed by atoms with E-state index >= 15 is 0 Å². The quantitative estimate of drug-likeness (QED) is 0.902. The van der Waals surface area contributed by atoms with E-state index in [2.05, 4.69) is 39.5 Å². The second-order valence-electron chi connectivity index (χ2n) is 6.57. The van der Waals surface area contributed by atoms with Gasteiger partial charge in [0.15, 0.2) is 5.82 Å². The van der Waals surface area contributed by atoms with Gasteiger partial charge in [0.25, 0.3) is 0 Å². The van der Waals surface area contributed by atoms with E-state index in [1.165, 1.54) is 19.2 Å². The Hall–Kier alpha value is -2.44. The zero-order valence-corrected chi connectivity index (χ0v) is 14.1. The van der Waals surface area contributed by atoms with Gasteiger partial charge >= 0.3 is 6.03 Å². The Morgan fingerprint density at radius 2 is 2.21 bits per heavy atom. The molecule has 2 aromatic heterocycles. The summed E-state index contributed by atoms with van der Waals surface area (Å²) in [4.78, 5) is 20.3. The first kappa shape index (κ1) is 16.4. The molecule has 24 heavy (non-hydrogen) atoms. The van der Waals surface area contributed by atoms with Gasteiger partial charge in [-0.2, -0.15) is 5.10 Å². The van der Waals surface area contributed by atoms with Crippen molar-refractivity contribution in [3.63, 3.8) is 0 Å². The minimum atomic E-state index is -0.110. The van der Waals surface area contributed by atoms with Gasteiger partial charge in [0.2, 0.25) is 0 Å². The Kier molecular flexibility index (Phi) is 5.08. The Balaban J connectivity index is 1.49. The van der Waals surface area contributed by atoms with Crippen molar-refractivity contribution < 1.29 is 4.79 Å². The van der Waals surface area contributed by atoms with Crippen LogP contribution in [0, 0.1) is 11.8 Å². The van der Waals surface area contributed by atoms with Crippen molar-refractivity contribution in [3.05, 3.63) is 36.5 Å². The summed E-state index contributed by atoms with van der Waals surface area (Å²) in [6, 6.07) is 3.94. The molecule has 7 heteroatoms. The summed E-state index contributed by atoms with van der Waals surface area (Å²) >= 11 is 0.